The van der Waals surface area contributed by atoms with Crippen LogP contribution < -0.4 is 5.32 Å². The molecule has 33 heavy (non-hydrogen) atoms. The van der Waals surface area contributed by atoms with Crippen molar-refractivity contribution in [1.29, 1.82) is 0 Å². The second-order valence-corrected chi connectivity index (χ2v) is 9.07. The highest BCUT2D eigenvalue weighted by molar-refractivity contribution is 9.10. The molecule has 0 spiro atoms. The molecule has 0 atom stereocenters. The van der Waals surface area contributed by atoms with E-state index in [0.29, 0.717) is 28.4 Å². The molecule has 0 fully saturated rings. The maximum atomic E-state index is 12.4. The fourth-order valence-corrected chi connectivity index (χ4v) is 3.97. The lowest BCUT2D eigenvalue weighted by atomic mass is 10.2. The number of halogens is 2. The summed E-state index contributed by atoms with van der Waals surface area (Å²) in [4.78, 5) is 17.0. The van der Waals surface area contributed by atoms with E-state index in [9.17, 15) is 4.79 Å². The maximum Gasteiger partial charge on any atom is 0.248 e. The molecule has 1 N–H and O–H groups in total. The molecule has 2 heterocycles. The molecule has 1 amide bonds. The van der Waals surface area contributed by atoms with Gasteiger partial charge in [-0.1, -0.05) is 50.1 Å². The predicted molar refractivity (Wildman–Crippen MR) is 137 cm³/mol. The van der Waals surface area contributed by atoms with Gasteiger partial charge in [0, 0.05) is 31.8 Å². The number of rotatable bonds is 5. The predicted octanol–water partition coefficient (Wildman–Crippen LogP) is 7.93. The highest BCUT2D eigenvalue weighted by Gasteiger charge is 2.10. The third-order valence-electron chi connectivity index (χ3n) is 4.88. The first-order valence-electron chi connectivity index (χ1n) is 10.0. The quantitative estimate of drug-likeness (QED) is 0.220. The Kier molecular flexibility index (Phi) is 5.98. The zero-order valence-electron chi connectivity index (χ0n) is 17.1. The molecule has 0 saturated carbocycles. The second kappa shape index (κ2) is 9.21. The average molecular weight is 564 g/mol. The summed E-state index contributed by atoms with van der Waals surface area (Å²) >= 11 is 6.88. The number of hydrogen-bond donors (Lipinski definition) is 1. The summed E-state index contributed by atoms with van der Waals surface area (Å²) in [5, 5.41) is 2.85. The minimum Gasteiger partial charge on any atom is -0.457 e. The molecular weight excluding hydrogens is 548 g/mol. The van der Waals surface area contributed by atoms with Crippen LogP contribution >= 0.6 is 31.9 Å². The molecular formula is C26H16Br2N2O3. The molecule has 7 heteroatoms. The van der Waals surface area contributed by atoms with Crippen molar-refractivity contribution in [2.75, 3.05) is 5.32 Å². The van der Waals surface area contributed by atoms with Crippen molar-refractivity contribution in [3.8, 4) is 22.8 Å². The van der Waals surface area contributed by atoms with E-state index in [4.69, 9.17) is 8.83 Å². The van der Waals surface area contributed by atoms with Gasteiger partial charge in [-0.2, -0.15) is 0 Å². The monoisotopic (exact) mass is 562 g/mol. The molecule has 162 valence electrons. The van der Waals surface area contributed by atoms with E-state index >= 15 is 0 Å². The molecule has 5 aromatic rings. The van der Waals surface area contributed by atoms with E-state index in [-0.39, 0.29) is 5.91 Å². The summed E-state index contributed by atoms with van der Waals surface area (Å²) in [5.41, 5.74) is 3.77. The average Bonchev–Trinajstić information content (AvgIpc) is 3.45. The number of furan rings is 1. The summed E-state index contributed by atoms with van der Waals surface area (Å²) in [6, 6.07) is 24.6. The fraction of sp³-hybridized carbons (Fsp3) is 0. The number of amides is 1. The third kappa shape index (κ3) is 4.99. The molecule has 3 aromatic carbocycles. The van der Waals surface area contributed by atoms with E-state index in [2.05, 4.69) is 42.2 Å². The van der Waals surface area contributed by atoms with Crippen LogP contribution in [0.15, 0.2) is 103 Å². The maximum absolute atomic E-state index is 12.4. The van der Waals surface area contributed by atoms with Gasteiger partial charge >= 0.3 is 0 Å². The Labute approximate surface area is 206 Å². The van der Waals surface area contributed by atoms with Gasteiger partial charge in [-0.15, -0.1) is 0 Å². The van der Waals surface area contributed by atoms with Crippen LogP contribution in [-0.2, 0) is 4.79 Å². The Balaban J connectivity index is 1.28. The SMILES string of the molecule is O=C(/C=C/c1ccc(-c2ccc(Br)cc2)o1)Nc1ccc2oc(-c3cccc(Br)c3)nc2c1. The van der Waals surface area contributed by atoms with Crippen molar-refractivity contribution in [1.82, 2.24) is 4.98 Å². The van der Waals surface area contributed by atoms with Crippen LogP contribution in [0, 0.1) is 0 Å². The molecule has 0 bridgehead atoms. The number of hydrogen-bond acceptors (Lipinski definition) is 4. The van der Waals surface area contributed by atoms with Crippen LogP contribution in [0.2, 0.25) is 0 Å². The topological polar surface area (TPSA) is 68.3 Å². The summed E-state index contributed by atoms with van der Waals surface area (Å²) in [6.45, 7) is 0. The Morgan fingerprint density at radius 2 is 1.70 bits per heavy atom. The van der Waals surface area contributed by atoms with Gasteiger partial charge in [0.25, 0.3) is 0 Å². The molecule has 5 nitrogen and oxygen atoms in total. The van der Waals surface area contributed by atoms with E-state index < -0.39 is 0 Å². The zero-order valence-corrected chi connectivity index (χ0v) is 20.3. The number of anilines is 1. The summed E-state index contributed by atoms with van der Waals surface area (Å²) in [6.07, 6.45) is 3.07. The number of carbonyl (C=O) groups excluding carboxylic acids is 1. The number of fused-ring (bicyclic) bond motifs is 1. The molecule has 0 aliphatic heterocycles. The Bertz CT molecular complexity index is 1480. The minimum absolute atomic E-state index is 0.272. The van der Waals surface area contributed by atoms with Gasteiger partial charge in [0.2, 0.25) is 11.8 Å². The van der Waals surface area contributed by atoms with Crippen molar-refractivity contribution < 1.29 is 13.6 Å². The van der Waals surface area contributed by atoms with Gasteiger partial charge in [0.1, 0.15) is 17.0 Å². The summed E-state index contributed by atoms with van der Waals surface area (Å²) in [5.74, 6) is 1.58. The Morgan fingerprint density at radius 3 is 2.52 bits per heavy atom. The first kappa shape index (κ1) is 21.4. The number of carbonyl (C=O) groups is 1. The lowest BCUT2D eigenvalue weighted by Crippen LogP contribution is -2.07. The Hall–Kier alpha value is -3.42. The number of nitrogens with zero attached hydrogens (tertiary/aromatic N) is 1. The summed E-state index contributed by atoms with van der Waals surface area (Å²) < 4.78 is 13.6. The van der Waals surface area contributed by atoms with Gasteiger partial charge in [0.05, 0.1) is 0 Å². The van der Waals surface area contributed by atoms with E-state index in [1.807, 2.05) is 60.7 Å². The number of aromatic nitrogens is 1. The molecule has 0 saturated heterocycles. The molecule has 0 unspecified atom stereocenters. The number of benzene rings is 3. The number of nitrogens with one attached hydrogen (secondary N) is 1. The second-order valence-electron chi connectivity index (χ2n) is 7.24. The third-order valence-corrected chi connectivity index (χ3v) is 5.90. The van der Waals surface area contributed by atoms with Crippen LogP contribution in [0.4, 0.5) is 5.69 Å². The van der Waals surface area contributed by atoms with Crippen LogP contribution in [0.5, 0.6) is 0 Å². The standard InChI is InChI=1S/C26H16Br2N2O3/c27-18-6-4-16(5-7-18)23-12-9-21(32-23)10-13-25(31)29-20-8-11-24-22(15-20)30-26(33-24)17-2-1-3-19(28)14-17/h1-15H,(H,29,31)/b13-10+. The van der Waals surface area contributed by atoms with E-state index in [0.717, 1.165) is 25.8 Å². The van der Waals surface area contributed by atoms with Gasteiger partial charge < -0.3 is 14.2 Å². The number of oxazole rings is 1. The van der Waals surface area contributed by atoms with Crippen LogP contribution in [0.3, 0.4) is 0 Å². The van der Waals surface area contributed by atoms with Gasteiger partial charge in [-0.05, 0) is 66.7 Å². The normalized spacial score (nSPS) is 11.3. The Morgan fingerprint density at radius 1 is 0.848 bits per heavy atom. The van der Waals surface area contributed by atoms with Gasteiger partial charge in [-0.25, -0.2) is 4.98 Å². The first-order valence-corrected chi connectivity index (χ1v) is 11.6. The molecule has 2 aromatic heterocycles. The van der Waals surface area contributed by atoms with Crippen molar-refractivity contribution in [2.45, 2.75) is 0 Å². The highest BCUT2D eigenvalue weighted by atomic mass is 79.9. The minimum atomic E-state index is -0.272. The van der Waals surface area contributed by atoms with Crippen molar-refractivity contribution >= 4 is 60.6 Å². The van der Waals surface area contributed by atoms with Crippen molar-refractivity contribution in [2.24, 2.45) is 0 Å². The van der Waals surface area contributed by atoms with Crippen molar-refractivity contribution in [3.05, 3.63) is 99.6 Å². The van der Waals surface area contributed by atoms with Gasteiger partial charge in [0.15, 0.2) is 5.58 Å². The van der Waals surface area contributed by atoms with E-state index in [1.54, 1.807) is 24.3 Å². The van der Waals surface area contributed by atoms with Gasteiger partial charge in [-0.3, -0.25) is 4.79 Å². The molecule has 5 rings (SSSR count). The smallest absolute Gasteiger partial charge is 0.248 e. The highest BCUT2D eigenvalue weighted by Crippen LogP contribution is 2.28. The van der Waals surface area contributed by atoms with E-state index in [1.165, 1.54) is 6.08 Å². The first-order chi connectivity index (χ1) is 16.0. The lowest BCUT2D eigenvalue weighted by Gasteiger charge is -2.00. The molecule has 0 aliphatic carbocycles. The molecule has 0 radical (unpaired) electrons. The van der Waals surface area contributed by atoms with Crippen LogP contribution in [0.1, 0.15) is 5.76 Å². The molecule has 0 aliphatic rings. The summed E-state index contributed by atoms with van der Waals surface area (Å²) in [7, 11) is 0. The van der Waals surface area contributed by atoms with Crippen LogP contribution in [-0.4, -0.2) is 10.9 Å². The van der Waals surface area contributed by atoms with Crippen molar-refractivity contribution in [3.63, 3.8) is 0 Å². The van der Waals surface area contributed by atoms with Crippen LogP contribution in [0.25, 0.3) is 40.0 Å². The lowest BCUT2D eigenvalue weighted by molar-refractivity contribution is -0.111. The fourth-order valence-electron chi connectivity index (χ4n) is 3.30. The zero-order chi connectivity index (χ0) is 22.8. The largest absolute Gasteiger partial charge is 0.457 e.